The Hall–Kier alpha value is -0.120. The minimum Gasteiger partial charge on any atom is -0.330 e. The smallest absolute Gasteiger partial charge is 0.0330 e. The Morgan fingerprint density at radius 2 is 1.75 bits per heavy atom. The van der Waals surface area contributed by atoms with E-state index in [2.05, 4.69) is 44.8 Å². The zero-order chi connectivity index (χ0) is 15.2. The van der Waals surface area contributed by atoms with Crippen LogP contribution in [0.4, 0.5) is 0 Å². The molecule has 20 heavy (non-hydrogen) atoms. The van der Waals surface area contributed by atoms with Crippen LogP contribution in [0.3, 0.4) is 0 Å². The summed E-state index contributed by atoms with van der Waals surface area (Å²) >= 11 is 0. The molecule has 1 aliphatic carbocycles. The van der Waals surface area contributed by atoms with Crippen molar-refractivity contribution < 1.29 is 0 Å². The Bertz CT molecular complexity index is 259. The van der Waals surface area contributed by atoms with Crippen molar-refractivity contribution in [2.45, 2.75) is 57.9 Å². The molecule has 1 saturated carbocycles. The molecule has 0 aliphatic heterocycles. The van der Waals surface area contributed by atoms with Crippen molar-refractivity contribution >= 4 is 0 Å². The van der Waals surface area contributed by atoms with E-state index in [1.54, 1.807) is 0 Å². The Labute approximate surface area is 126 Å². The fourth-order valence-electron chi connectivity index (χ4n) is 3.56. The van der Waals surface area contributed by atoms with Crippen molar-refractivity contribution in [3.8, 4) is 0 Å². The second-order valence-electron chi connectivity index (χ2n) is 7.43. The molecule has 3 heteroatoms. The Morgan fingerprint density at radius 1 is 1.10 bits per heavy atom. The van der Waals surface area contributed by atoms with E-state index in [1.165, 1.54) is 51.6 Å². The lowest BCUT2D eigenvalue weighted by Crippen LogP contribution is -2.56. The third kappa shape index (κ3) is 5.01. The van der Waals surface area contributed by atoms with E-state index in [-0.39, 0.29) is 0 Å². The van der Waals surface area contributed by atoms with Crippen molar-refractivity contribution in [2.24, 2.45) is 17.6 Å². The molecule has 0 amide bonds. The largest absolute Gasteiger partial charge is 0.330 e. The molecule has 2 N–H and O–H groups in total. The van der Waals surface area contributed by atoms with Crippen molar-refractivity contribution in [1.82, 2.24) is 9.80 Å². The van der Waals surface area contributed by atoms with Gasteiger partial charge in [0.2, 0.25) is 0 Å². The van der Waals surface area contributed by atoms with Crippen LogP contribution in [-0.4, -0.2) is 56.1 Å². The topological polar surface area (TPSA) is 32.5 Å². The van der Waals surface area contributed by atoms with Gasteiger partial charge in [0, 0.05) is 12.1 Å². The molecule has 0 aromatic heterocycles. The van der Waals surface area contributed by atoms with E-state index in [1.807, 2.05) is 0 Å². The molecule has 0 heterocycles. The molecule has 0 bridgehead atoms. The minimum absolute atomic E-state index is 0.462. The third-order valence-corrected chi connectivity index (χ3v) is 5.39. The van der Waals surface area contributed by atoms with E-state index in [0.717, 1.165) is 18.4 Å². The molecule has 1 unspecified atom stereocenters. The van der Waals surface area contributed by atoms with Crippen LogP contribution in [0.1, 0.15) is 52.4 Å². The maximum absolute atomic E-state index is 5.72. The Balaban J connectivity index is 2.27. The number of rotatable bonds is 10. The van der Waals surface area contributed by atoms with Gasteiger partial charge in [-0.2, -0.15) is 0 Å². The summed E-state index contributed by atoms with van der Waals surface area (Å²) in [6.45, 7) is 7.95. The normalized spacial score (nSPS) is 19.6. The molecule has 1 rings (SSSR count). The molecule has 0 spiro atoms. The molecule has 0 radical (unpaired) electrons. The molecular weight excluding hydrogens is 246 g/mol. The molecular formula is C17H37N3. The molecule has 0 aromatic rings. The van der Waals surface area contributed by atoms with Crippen molar-refractivity contribution in [3.05, 3.63) is 0 Å². The van der Waals surface area contributed by atoms with Gasteiger partial charge >= 0.3 is 0 Å². The van der Waals surface area contributed by atoms with Gasteiger partial charge < -0.3 is 15.5 Å². The highest BCUT2D eigenvalue weighted by Gasteiger charge is 2.39. The van der Waals surface area contributed by atoms with E-state index in [9.17, 15) is 0 Å². The highest BCUT2D eigenvalue weighted by Crippen LogP contribution is 2.36. The molecule has 120 valence electrons. The highest BCUT2D eigenvalue weighted by molar-refractivity contribution is 4.97. The summed E-state index contributed by atoms with van der Waals surface area (Å²) in [5.41, 5.74) is 6.19. The SMILES string of the molecule is CC(C)C(CCN)CCCN(C)CC1(N(C)C)CCC1. The van der Waals surface area contributed by atoms with Gasteiger partial charge in [-0.25, -0.2) is 0 Å². The van der Waals surface area contributed by atoms with Gasteiger partial charge in [0.25, 0.3) is 0 Å². The van der Waals surface area contributed by atoms with Gasteiger partial charge in [-0.3, -0.25) is 0 Å². The molecule has 1 fully saturated rings. The first-order valence-electron chi connectivity index (χ1n) is 8.47. The first-order chi connectivity index (χ1) is 9.41. The average molecular weight is 284 g/mol. The molecule has 0 aromatic carbocycles. The second kappa shape index (κ2) is 8.35. The number of hydrogen-bond donors (Lipinski definition) is 1. The van der Waals surface area contributed by atoms with Crippen LogP contribution in [-0.2, 0) is 0 Å². The summed E-state index contributed by atoms with van der Waals surface area (Å²) in [7, 11) is 6.77. The van der Waals surface area contributed by atoms with Gasteiger partial charge in [-0.15, -0.1) is 0 Å². The lowest BCUT2D eigenvalue weighted by atomic mass is 9.75. The van der Waals surface area contributed by atoms with Crippen molar-refractivity contribution in [3.63, 3.8) is 0 Å². The van der Waals surface area contributed by atoms with Crippen LogP contribution in [0, 0.1) is 11.8 Å². The molecule has 3 nitrogen and oxygen atoms in total. The summed E-state index contributed by atoms with van der Waals surface area (Å²) in [5.74, 6) is 1.57. The lowest BCUT2D eigenvalue weighted by molar-refractivity contribution is 0.0271. The fourth-order valence-corrected chi connectivity index (χ4v) is 3.56. The summed E-state index contributed by atoms with van der Waals surface area (Å²) in [4.78, 5) is 4.98. The van der Waals surface area contributed by atoms with Gasteiger partial charge in [0.05, 0.1) is 0 Å². The van der Waals surface area contributed by atoms with Crippen molar-refractivity contribution in [2.75, 3.05) is 40.8 Å². The molecule has 1 aliphatic rings. The molecule has 0 saturated heterocycles. The maximum Gasteiger partial charge on any atom is 0.0330 e. The standard InChI is InChI=1S/C17H37N3/c1-15(2)16(9-12-18)8-6-13-20(5)14-17(19(3)4)10-7-11-17/h15-16H,6-14,18H2,1-5H3. The quantitative estimate of drug-likeness (QED) is 0.669. The van der Waals surface area contributed by atoms with Gasteiger partial charge in [-0.05, 0) is 84.6 Å². The number of likely N-dealkylation sites (N-methyl/N-ethyl adjacent to an activating group) is 2. The van der Waals surface area contributed by atoms with E-state index >= 15 is 0 Å². The predicted molar refractivity (Wildman–Crippen MR) is 89.0 cm³/mol. The van der Waals surface area contributed by atoms with Crippen LogP contribution in [0.2, 0.25) is 0 Å². The Kier molecular flexibility index (Phi) is 7.49. The Morgan fingerprint density at radius 3 is 2.15 bits per heavy atom. The number of nitrogens with zero attached hydrogens (tertiary/aromatic N) is 2. The summed E-state index contributed by atoms with van der Waals surface area (Å²) in [5, 5.41) is 0. The van der Waals surface area contributed by atoms with Crippen LogP contribution in [0.15, 0.2) is 0 Å². The van der Waals surface area contributed by atoms with E-state index in [0.29, 0.717) is 5.54 Å². The maximum atomic E-state index is 5.72. The first-order valence-corrected chi connectivity index (χ1v) is 8.47. The van der Waals surface area contributed by atoms with Crippen LogP contribution < -0.4 is 5.73 Å². The monoisotopic (exact) mass is 283 g/mol. The predicted octanol–water partition coefficient (Wildman–Crippen LogP) is 2.80. The third-order valence-electron chi connectivity index (χ3n) is 5.39. The van der Waals surface area contributed by atoms with Gasteiger partial charge in [0.15, 0.2) is 0 Å². The second-order valence-corrected chi connectivity index (χ2v) is 7.43. The summed E-state index contributed by atoms with van der Waals surface area (Å²) in [6, 6.07) is 0. The van der Waals surface area contributed by atoms with Crippen LogP contribution >= 0.6 is 0 Å². The lowest BCUT2D eigenvalue weighted by Gasteiger charge is -2.49. The highest BCUT2D eigenvalue weighted by atomic mass is 15.2. The zero-order valence-electron chi connectivity index (χ0n) is 14.5. The summed E-state index contributed by atoms with van der Waals surface area (Å²) in [6.07, 6.45) is 7.95. The van der Waals surface area contributed by atoms with Gasteiger partial charge in [-0.1, -0.05) is 13.8 Å². The van der Waals surface area contributed by atoms with Crippen LogP contribution in [0.5, 0.6) is 0 Å². The number of nitrogens with two attached hydrogens (primary N) is 1. The first kappa shape index (κ1) is 17.9. The van der Waals surface area contributed by atoms with E-state index < -0.39 is 0 Å². The minimum atomic E-state index is 0.462. The zero-order valence-corrected chi connectivity index (χ0v) is 14.5. The summed E-state index contributed by atoms with van der Waals surface area (Å²) < 4.78 is 0. The van der Waals surface area contributed by atoms with Gasteiger partial charge in [0.1, 0.15) is 0 Å². The fraction of sp³-hybridized carbons (Fsp3) is 1.00. The van der Waals surface area contributed by atoms with Crippen molar-refractivity contribution in [1.29, 1.82) is 0 Å². The van der Waals surface area contributed by atoms with Crippen LogP contribution in [0.25, 0.3) is 0 Å². The average Bonchev–Trinajstić information content (AvgIpc) is 2.32. The number of hydrogen-bond acceptors (Lipinski definition) is 3. The van der Waals surface area contributed by atoms with E-state index in [4.69, 9.17) is 5.73 Å². The molecule has 1 atom stereocenters.